The molecule has 0 saturated heterocycles. The first-order chi connectivity index (χ1) is 7.12. The van der Waals surface area contributed by atoms with Crippen LogP contribution in [0.3, 0.4) is 0 Å². The van der Waals surface area contributed by atoms with Crippen molar-refractivity contribution in [1.29, 1.82) is 0 Å². The number of halogens is 1. The summed E-state index contributed by atoms with van der Waals surface area (Å²) in [7, 11) is 0. The van der Waals surface area contributed by atoms with Crippen molar-refractivity contribution in [2.45, 2.75) is 31.3 Å². The molecule has 1 aliphatic carbocycles. The maximum absolute atomic E-state index is 11.1. The predicted octanol–water partition coefficient (Wildman–Crippen LogP) is 2.67. The summed E-state index contributed by atoms with van der Waals surface area (Å²) in [4.78, 5) is 11.1. The van der Waals surface area contributed by atoms with Gasteiger partial charge in [0.25, 0.3) is 0 Å². The van der Waals surface area contributed by atoms with Gasteiger partial charge in [0.2, 0.25) is 0 Å². The monoisotopic (exact) mass is 224 g/mol. The predicted molar refractivity (Wildman–Crippen MR) is 58.8 cm³/mol. The number of rotatable bonds is 1. The highest BCUT2D eigenvalue weighted by atomic mass is 35.5. The maximum Gasteiger partial charge on any atom is 0.133 e. The smallest absolute Gasteiger partial charge is 0.133 e. The van der Waals surface area contributed by atoms with Crippen molar-refractivity contribution in [1.82, 2.24) is 0 Å². The topological polar surface area (TPSA) is 37.3 Å². The Morgan fingerprint density at radius 1 is 1.20 bits per heavy atom. The average Bonchev–Trinajstić information content (AvgIpc) is 2.23. The zero-order valence-electron chi connectivity index (χ0n) is 8.37. The summed E-state index contributed by atoms with van der Waals surface area (Å²) in [6.07, 6.45) is 1.86. The van der Waals surface area contributed by atoms with Crippen LogP contribution in [0.1, 0.15) is 31.2 Å². The second-order valence-corrected chi connectivity index (χ2v) is 4.46. The summed E-state index contributed by atoms with van der Waals surface area (Å²) in [5.41, 5.74) is -0.161. The number of ketones is 1. The lowest BCUT2D eigenvalue weighted by Gasteiger charge is -2.32. The highest BCUT2D eigenvalue weighted by molar-refractivity contribution is 6.31. The van der Waals surface area contributed by atoms with E-state index in [2.05, 4.69) is 0 Å². The molecule has 2 nitrogen and oxygen atoms in total. The number of aliphatic hydroxyl groups is 1. The summed E-state index contributed by atoms with van der Waals surface area (Å²) in [6.45, 7) is 0. The normalized spacial score (nSPS) is 20.3. The van der Waals surface area contributed by atoms with Crippen molar-refractivity contribution < 1.29 is 9.90 Å². The fourth-order valence-corrected chi connectivity index (χ4v) is 2.36. The van der Waals surface area contributed by atoms with Crippen LogP contribution in [0, 0.1) is 0 Å². The number of hydrogen-bond acceptors (Lipinski definition) is 2. The van der Waals surface area contributed by atoms with Crippen LogP contribution in [0.2, 0.25) is 5.02 Å². The lowest BCUT2D eigenvalue weighted by Crippen LogP contribution is -2.31. The zero-order valence-corrected chi connectivity index (χ0v) is 9.13. The standard InChI is InChI=1S/C12H13ClO2/c13-11-4-2-1-3-10(11)12(15)7-5-9(14)6-8-12/h1-4,15H,5-8H2. The number of Topliss-reactive ketones (excluding diaryl/α,β-unsaturated/α-hetero) is 1. The minimum Gasteiger partial charge on any atom is -0.385 e. The van der Waals surface area contributed by atoms with Gasteiger partial charge in [-0.1, -0.05) is 29.8 Å². The molecule has 1 saturated carbocycles. The molecule has 1 N–H and O–H groups in total. The van der Waals surface area contributed by atoms with E-state index in [-0.39, 0.29) is 5.78 Å². The van der Waals surface area contributed by atoms with E-state index in [0.29, 0.717) is 30.7 Å². The van der Waals surface area contributed by atoms with Gasteiger partial charge < -0.3 is 5.11 Å². The van der Waals surface area contributed by atoms with Crippen molar-refractivity contribution in [2.75, 3.05) is 0 Å². The van der Waals surface area contributed by atoms with Gasteiger partial charge in [0.15, 0.2) is 0 Å². The third-order valence-corrected chi connectivity index (χ3v) is 3.34. The van der Waals surface area contributed by atoms with E-state index in [1.54, 1.807) is 6.07 Å². The van der Waals surface area contributed by atoms with Crippen molar-refractivity contribution in [2.24, 2.45) is 0 Å². The Kier molecular flexibility index (Phi) is 2.81. The van der Waals surface area contributed by atoms with Crippen molar-refractivity contribution >= 4 is 17.4 Å². The number of carbonyl (C=O) groups is 1. The molecule has 1 aromatic rings. The van der Waals surface area contributed by atoms with Gasteiger partial charge in [-0.2, -0.15) is 0 Å². The third-order valence-electron chi connectivity index (χ3n) is 3.01. The van der Waals surface area contributed by atoms with E-state index in [9.17, 15) is 9.90 Å². The molecule has 0 heterocycles. The average molecular weight is 225 g/mol. The van der Waals surface area contributed by atoms with Crippen LogP contribution in [0.5, 0.6) is 0 Å². The van der Waals surface area contributed by atoms with Crippen LogP contribution >= 0.6 is 11.6 Å². The lowest BCUT2D eigenvalue weighted by molar-refractivity contribution is -0.125. The molecule has 0 unspecified atom stereocenters. The molecular weight excluding hydrogens is 212 g/mol. The Morgan fingerprint density at radius 3 is 2.40 bits per heavy atom. The molecule has 80 valence electrons. The van der Waals surface area contributed by atoms with E-state index in [4.69, 9.17) is 11.6 Å². The highest BCUT2D eigenvalue weighted by Gasteiger charge is 2.35. The van der Waals surface area contributed by atoms with E-state index in [1.165, 1.54) is 0 Å². The van der Waals surface area contributed by atoms with Gasteiger partial charge in [0, 0.05) is 23.4 Å². The molecule has 0 aliphatic heterocycles. The largest absolute Gasteiger partial charge is 0.385 e. The van der Waals surface area contributed by atoms with Gasteiger partial charge in [0.05, 0.1) is 5.60 Å². The fraction of sp³-hybridized carbons (Fsp3) is 0.417. The van der Waals surface area contributed by atoms with E-state index in [1.807, 2.05) is 18.2 Å². The van der Waals surface area contributed by atoms with Gasteiger partial charge in [0.1, 0.15) is 5.78 Å². The van der Waals surface area contributed by atoms with E-state index in [0.717, 1.165) is 5.56 Å². The summed E-state index contributed by atoms with van der Waals surface area (Å²) in [5, 5.41) is 11.0. The second kappa shape index (κ2) is 3.95. The lowest BCUT2D eigenvalue weighted by atomic mass is 9.79. The van der Waals surface area contributed by atoms with Crippen molar-refractivity contribution in [3.8, 4) is 0 Å². The Balaban J connectivity index is 2.30. The molecule has 1 aliphatic rings. The fourth-order valence-electron chi connectivity index (χ4n) is 2.05. The number of carbonyl (C=O) groups excluding carboxylic acids is 1. The Hall–Kier alpha value is -0.860. The van der Waals surface area contributed by atoms with Gasteiger partial charge in [-0.05, 0) is 18.9 Å². The van der Waals surface area contributed by atoms with Gasteiger partial charge in [-0.3, -0.25) is 4.79 Å². The van der Waals surface area contributed by atoms with Crippen molar-refractivity contribution in [3.05, 3.63) is 34.9 Å². The minimum atomic E-state index is -0.910. The molecule has 0 bridgehead atoms. The van der Waals surface area contributed by atoms with Crippen LogP contribution in [0.25, 0.3) is 0 Å². The van der Waals surface area contributed by atoms with E-state index < -0.39 is 5.60 Å². The molecular formula is C12H13ClO2. The molecule has 0 spiro atoms. The Morgan fingerprint density at radius 2 is 1.80 bits per heavy atom. The summed E-state index contributed by atoms with van der Waals surface area (Å²) >= 11 is 6.04. The first kappa shape index (κ1) is 10.7. The molecule has 2 rings (SSSR count). The Labute approximate surface area is 93.9 Å². The highest BCUT2D eigenvalue weighted by Crippen LogP contribution is 2.38. The molecule has 15 heavy (non-hydrogen) atoms. The van der Waals surface area contributed by atoms with Crippen LogP contribution < -0.4 is 0 Å². The van der Waals surface area contributed by atoms with Gasteiger partial charge >= 0.3 is 0 Å². The van der Waals surface area contributed by atoms with Crippen LogP contribution in [0.4, 0.5) is 0 Å². The maximum atomic E-state index is 11.1. The van der Waals surface area contributed by atoms with Gasteiger partial charge in [-0.15, -0.1) is 0 Å². The summed E-state index contributed by atoms with van der Waals surface area (Å²) in [5.74, 6) is 0.228. The molecule has 0 aromatic heterocycles. The third kappa shape index (κ3) is 2.06. The molecule has 0 amide bonds. The number of benzene rings is 1. The molecule has 0 atom stereocenters. The van der Waals surface area contributed by atoms with Crippen molar-refractivity contribution in [3.63, 3.8) is 0 Å². The van der Waals surface area contributed by atoms with Crippen LogP contribution in [-0.2, 0) is 10.4 Å². The minimum absolute atomic E-state index is 0.228. The molecule has 1 fully saturated rings. The zero-order chi connectivity index (χ0) is 10.9. The Bertz CT molecular complexity index is 377. The summed E-state index contributed by atoms with van der Waals surface area (Å²) < 4.78 is 0. The quantitative estimate of drug-likeness (QED) is 0.797. The summed E-state index contributed by atoms with van der Waals surface area (Å²) in [6, 6.07) is 7.29. The van der Waals surface area contributed by atoms with E-state index >= 15 is 0 Å². The molecule has 0 radical (unpaired) electrons. The van der Waals surface area contributed by atoms with Crippen LogP contribution in [0.15, 0.2) is 24.3 Å². The first-order valence-corrected chi connectivity index (χ1v) is 5.49. The second-order valence-electron chi connectivity index (χ2n) is 4.05. The first-order valence-electron chi connectivity index (χ1n) is 5.11. The molecule has 1 aromatic carbocycles. The SMILES string of the molecule is O=C1CCC(O)(c2ccccc2Cl)CC1. The number of hydrogen-bond donors (Lipinski definition) is 1. The van der Waals surface area contributed by atoms with Crippen LogP contribution in [-0.4, -0.2) is 10.9 Å². The molecule has 3 heteroatoms. The van der Waals surface area contributed by atoms with Gasteiger partial charge in [-0.25, -0.2) is 0 Å².